The molecule has 0 atom stereocenters. The molecule has 3 heteroatoms. The van der Waals surface area contributed by atoms with Gasteiger partial charge in [0.2, 0.25) is 0 Å². The molecule has 0 radical (unpaired) electrons. The normalized spacial score (nSPS) is 9.80. The third-order valence-electron chi connectivity index (χ3n) is 1.18. The molecule has 1 N–H and O–H groups in total. The fourth-order valence-corrected chi connectivity index (χ4v) is 1.54. The number of phenols is 1. The molecule has 0 aliphatic rings. The van der Waals surface area contributed by atoms with E-state index in [4.69, 9.17) is 16.7 Å². The van der Waals surface area contributed by atoms with Crippen LogP contribution in [0.1, 0.15) is 5.56 Å². The Morgan fingerprint density at radius 2 is 2.20 bits per heavy atom. The third kappa shape index (κ3) is 1.64. The summed E-state index contributed by atoms with van der Waals surface area (Å²) in [6.07, 6.45) is 0. The van der Waals surface area contributed by atoms with Crippen LogP contribution in [0, 0.1) is 0 Å². The molecule has 0 saturated carbocycles. The van der Waals surface area contributed by atoms with Gasteiger partial charge in [-0.3, -0.25) is 0 Å². The van der Waals surface area contributed by atoms with Gasteiger partial charge in [-0.2, -0.15) is 0 Å². The summed E-state index contributed by atoms with van der Waals surface area (Å²) in [5.74, 6) is 0.203. The maximum Gasteiger partial charge on any atom is 0.117 e. The Morgan fingerprint density at radius 3 is 2.70 bits per heavy atom. The van der Waals surface area contributed by atoms with Gasteiger partial charge in [0.25, 0.3) is 0 Å². The van der Waals surface area contributed by atoms with Crippen molar-refractivity contribution in [2.45, 2.75) is 5.33 Å². The van der Waals surface area contributed by atoms with E-state index in [1.54, 1.807) is 12.1 Å². The quantitative estimate of drug-likeness (QED) is 0.723. The van der Waals surface area contributed by atoms with Crippen molar-refractivity contribution in [3.8, 4) is 5.75 Å². The molecule has 0 spiro atoms. The zero-order valence-electron chi connectivity index (χ0n) is 5.14. The van der Waals surface area contributed by atoms with E-state index < -0.39 is 0 Å². The Bertz CT molecular complexity index is 237. The van der Waals surface area contributed by atoms with Gasteiger partial charge in [-0.25, -0.2) is 0 Å². The van der Waals surface area contributed by atoms with E-state index in [2.05, 4.69) is 15.9 Å². The van der Waals surface area contributed by atoms with Crippen LogP contribution < -0.4 is 0 Å². The average Bonchev–Trinajstić information content (AvgIpc) is 1.88. The highest BCUT2D eigenvalue weighted by atomic mass is 79.9. The Labute approximate surface area is 72.8 Å². The van der Waals surface area contributed by atoms with E-state index >= 15 is 0 Å². The Hall–Kier alpha value is -0.210. The predicted octanol–water partition coefficient (Wildman–Crippen LogP) is 2.94. The van der Waals surface area contributed by atoms with Crippen LogP contribution in [0.2, 0.25) is 5.02 Å². The first-order valence-corrected chi connectivity index (χ1v) is 4.27. The van der Waals surface area contributed by atoms with E-state index in [1.165, 1.54) is 6.07 Å². The van der Waals surface area contributed by atoms with E-state index in [1.807, 2.05) is 0 Å². The summed E-state index contributed by atoms with van der Waals surface area (Å²) in [4.78, 5) is 0. The number of hydrogen-bond donors (Lipinski definition) is 1. The summed E-state index contributed by atoms with van der Waals surface area (Å²) in [5, 5.41) is 10.2. The van der Waals surface area contributed by atoms with Gasteiger partial charge >= 0.3 is 0 Å². The minimum Gasteiger partial charge on any atom is -0.508 e. The standard InChI is InChI=1S/C7H6BrClO/c8-4-5-1-2-6(10)3-7(5)9/h1-3,10H,4H2. The molecule has 0 bridgehead atoms. The predicted molar refractivity (Wildman–Crippen MR) is 45.7 cm³/mol. The van der Waals surface area contributed by atoms with Crippen molar-refractivity contribution in [1.29, 1.82) is 0 Å². The second-order valence-electron chi connectivity index (χ2n) is 1.91. The van der Waals surface area contributed by atoms with E-state index in [0.29, 0.717) is 10.4 Å². The van der Waals surface area contributed by atoms with Crippen LogP contribution in [-0.2, 0) is 5.33 Å². The third-order valence-corrected chi connectivity index (χ3v) is 2.14. The number of rotatable bonds is 1. The molecular formula is C7H6BrClO. The number of halogens is 2. The van der Waals surface area contributed by atoms with E-state index in [0.717, 1.165) is 5.56 Å². The summed E-state index contributed by atoms with van der Waals surface area (Å²) >= 11 is 9.01. The maximum atomic E-state index is 8.93. The second kappa shape index (κ2) is 3.26. The van der Waals surface area contributed by atoms with Crippen LogP contribution in [0.25, 0.3) is 0 Å². The zero-order valence-corrected chi connectivity index (χ0v) is 7.48. The number of aromatic hydroxyl groups is 1. The highest BCUT2D eigenvalue weighted by molar-refractivity contribution is 9.08. The number of alkyl halides is 1. The maximum absolute atomic E-state index is 8.93. The van der Waals surface area contributed by atoms with Gasteiger partial charge in [-0.1, -0.05) is 33.6 Å². The molecule has 1 nitrogen and oxygen atoms in total. The van der Waals surface area contributed by atoms with Crippen molar-refractivity contribution in [1.82, 2.24) is 0 Å². The summed E-state index contributed by atoms with van der Waals surface area (Å²) in [7, 11) is 0. The molecule has 1 aromatic carbocycles. The first-order chi connectivity index (χ1) is 4.74. The van der Waals surface area contributed by atoms with Crippen molar-refractivity contribution in [3.63, 3.8) is 0 Å². The molecule has 1 rings (SSSR count). The van der Waals surface area contributed by atoms with Crippen LogP contribution in [0.3, 0.4) is 0 Å². The van der Waals surface area contributed by atoms with Crippen LogP contribution in [0.4, 0.5) is 0 Å². The summed E-state index contributed by atoms with van der Waals surface area (Å²) in [6, 6.07) is 4.92. The molecule has 0 aromatic heterocycles. The van der Waals surface area contributed by atoms with Crippen LogP contribution >= 0.6 is 27.5 Å². The molecular weight excluding hydrogens is 215 g/mol. The minimum atomic E-state index is 0.203. The Balaban J connectivity index is 3.07. The second-order valence-corrected chi connectivity index (χ2v) is 2.88. The molecule has 0 saturated heterocycles. The van der Waals surface area contributed by atoms with Gasteiger partial charge in [0, 0.05) is 10.4 Å². The number of phenolic OH excluding ortho intramolecular Hbond substituents is 1. The first-order valence-electron chi connectivity index (χ1n) is 2.77. The molecule has 0 fully saturated rings. The summed E-state index contributed by atoms with van der Waals surface area (Å²) in [5.41, 5.74) is 0.986. The number of hydrogen-bond acceptors (Lipinski definition) is 1. The van der Waals surface area contributed by atoms with Crippen LogP contribution in [-0.4, -0.2) is 5.11 Å². The molecule has 0 aliphatic heterocycles. The van der Waals surface area contributed by atoms with Gasteiger partial charge in [0.15, 0.2) is 0 Å². The summed E-state index contributed by atoms with van der Waals surface area (Å²) < 4.78 is 0. The lowest BCUT2D eigenvalue weighted by Gasteiger charge is -1.98. The van der Waals surface area contributed by atoms with Crippen molar-refractivity contribution < 1.29 is 5.11 Å². The van der Waals surface area contributed by atoms with Gasteiger partial charge in [0.1, 0.15) is 5.75 Å². The SMILES string of the molecule is Oc1ccc(CBr)c(Cl)c1. The fourth-order valence-electron chi connectivity index (χ4n) is 0.645. The topological polar surface area (TPSA) is 20.2 Å². The average molecular weight is 221 g/mol. The molecule has 0 heterocycles. The lowest BCUT2D eigenvalue weighted by molar-refractivity contribution is 0.475. The lowest BCUT2D eigenvalue weighted by Crippen LogP contribution is -1.77. The molecule has 10 heavy (non-hydrogen) atoms. The van der Waals surface area contributed by atoms with E-state index in [-0.39, 0.29) is 5.75 Å². The Kier molecular flexibility index (Phi) is 2.57. The van der Waals surface area contributed by atoms with Crippen molar-refractivity contribution in [2.24, 2.45) is 0 Å². The minimum absolute atomic E-state index is 0.203. The molecule has 0 amide bonds. The van der Waals surface area contributed by atoms with Crippen molar-refractivity contribution in [2.75, 3.05) is 0 Å². The van der Waals surface area contributed by atoms with Crippen molar-refractivity contribution >= 4 is 27.5 Å². The molecule has 1 aromatic rings. The fraction of sp³-hybridized carbons (Fsp3) is 0.143. The monoisotopic (exact) mass is 220 g/mol. The lowest BCUT2D eigenvalue weighted by atomic mass is 10.2. The smallest absolute Gasteiger partial charge is 0.117 e. The molecule has 0 unspecified atom stereocenters. The van der Waals surface area contributed by atoms with Gasteiger partial charge < -0.3 is 5.11 Å². The van der Waals surface area contributed by atoms with Gasteiger partial charge in [-0.05, 0) is 17.7 Å². The largest absolute Gasteiger partial charge is 0.508 e. The molecule has 0 aliphatic carbocycles. The highest BCUT2D eigenvalue weighted by Crippen LogP contribution is 2.22. The van der Waals surface area contributed by atoms with Crippen LogP contribution in [0.5, 0.6) is 5.75 Å². The Morgan fingerprint density at radius 1 is 1.50 bits per heavy atom. The summed E-state index contributed by atoms with van der Waals surface area (Å²) in [6.45, 7) is 0. The van der Waals surface area contributed by atoms with Crippen LogP contribution in [0.15, 0.2) is 18.2 Å². The highest BCUT2D eigenvalue weighted by Gasteiger charge is 1.97. The van der Waals surface area contributed by atoms with Gasteiger partial charge in [0.05, 0.1) is 0 Å². The van der Waals surface area contributed by atoms with Crippen molar-refractivity contribution in [3.05, 3.63) is 28.8 Å². The number of benzene rings is 1. The molecule has 54 valence electrons. The van der Waals surface area contributed by atoms with E-state index in [9.17, 15) is 0 Å². The zero-order chi connectivity index (χ0) is 7.56. The van der Waals surface area contributed by atoms with Gasteiger partial charge in [-0.15, -0.1) is 0 Å². The first kappa shape index (κ1) is 7.89.